The van der Waals surface area contributed by atoms with Gasteiger partial charge in [-0.25, -0.2) is 0 Å². The molecule has 2 aliphatic heterocycles. The number of β-amino-alcohol motifs (C(OH)–C–C–N with tert-alkyl or cyclic N) is 1. The van der Waals surface area contributed by atoms with E-state index in [-0.39, 0.29) is 44.7 Å². The van der Waals surface area contributed by atoms with Crippen LogP contribution >= 0.6 is 0 Å². The van der Waals surface area contributed by atoms with E-state index in [1.54, 1.807) is 4.90 Å². The predicted molar refractivity (Wildman–Crippen MR) is 98.9 cm³/mol. The first-order chi connectivity index (χ1) is 13.4. The summed E-state index contributed by atoms with van der Waals surface area (Å²) in [5.41, 5.74) is -1.74. The summed E-state index contributed by atoms with van der Waals surface area (Å²) in [6.07, 6.45) is -2.17. The van der Waals surface area contributed by atoms with E-state index < -0.39 is 35.4 Å². The van der Waals surface area contributed by atoms with E-state index in [9.17, 15) is 27.9 Å². The van der Waals surface area contributed by atoms with Crippen molar-refractivity contribution in [2.45, 2.75) is 70.3 Å². The Morgan fingerprint density at radius 1 is 1.31 bits per heavy atom. The Balaban J connectivity index is 1.75. The second kappa shape index (κ2) is 8.06. The van der Waals surface area contributed by atoms with Crippen molar-refractivity contribution in [3.8, 4) is 0 Å². The molecule has 1 spiro atoms. The predicted octanol–water partition coefficient (Wildman–Crippen LogP) is 2.35. The van der Waals surface area contributed by atoms with Gasteiger partial charge in [-0.3, -0.25) is 9.59 Å². The number of rotatable bonds is 4. The van der Waals surface area contributed by atoms with Crippen molar-refractivity contribution in [1.29, 1.82) is 0 Å². The van der Waals surface area contributed by atoms with Crippen molar-refractivity contribution in [2.24, 2.45) is 11.3 Å². The number of piperidine rings is 1. The average Bonchev–Trinajstić information content (AvgIpc) is 3.09. The summed E-state index contributed by atoms with van der Waals surface area (Å²) in [7, 11) is 0. The molecule has 3 fully saturated rings. The molecule has 0 aromatic rings. The first kappa shape index (κ1) is 22.3. The van der Waals surface area contributed by atoms with Gasteiger partial charge in [0.05, 0.1) is 24.7 Å². The van der Waals surface area contributed by atoms with Gasteiger partial charge in [0.25, 0.3) is 0 Å². The Morgan fingerprint density at radius 2 is 1.97 bits per heavy atom. The number of hydrogen-bond donors (Lipinski definition) is 1. The van der Waals surface area contributed by atoms with E-state index in [2.05, 4.69) is 0 Å². The Bertz CT molecular complexity index is 636. The number of ether oxygens (including phenoxy) is 1. The van der Waals surface area contributed by atoms with Gasteiger partial charge in [0.15, 0.2) is 0 Å². The fraction of sp³-hybridized carbons (Fsp3) is 0.900. The molecule has 9 heteroatoms. The van der Waals surface area contributed by atoms with Crippen LogP contribution in [0.1, 0.15) is 52.4 Å². The summed E-state index contributed by atoms with van der Waals surface area (Å²) in [6.45, 7) is 4.21. The van der Waals surface area contributed by atoms with Crippen LogP contribution in [0.5, 0.6) is 0 Å². The van der Waals surface area contributed by atoms with E-state index in [0.717, 1.165) is 12.8 Å². The minimum atomic E-state index is -4.38. The van der Waals surface area contributed by atoms with Crippen LogP contribution < -0.4 is 0 Å². The highest BCUT2D eigenvalue weighted by atomic mass is 19.4. The summed E-state index contributed by atoms with van der Waals surface area (Å²) in [5.74, 6) is -1.81. The highest BCUT2D eigenvalue weighted by molar-refractivity contribution is 5.79. The second-order valence-corrected chi connectivity index (χ2v) is 9.15. The van der Waals surface area contributed by atoms with Gasteiger partial charge in [0, 0.05) is 31.0 Å². The summed E-state index contributed by atoms with van der Waals surface area (Å²) in [6, 6.07) is 0. The first-order valence-electron chi connectivity index (χ1n) is 10.4. The molecular formula is C20H31F3N2O4. The molecule has 3 atom stereocenters. The topological polar surface area (TPSA) is 70.1 Å². The number of alkyl halides is 3. The molecule has 0 radical (unpaired) electrons. The summed E-state index contributed by atoms with van der Waals surface area (Å²) in [4.78, 5) is 28.1. The minimum Gasteiger partial charge on any atom is -0.387 e. The number of nitrogens with zero attached hydrogens (tertiary/aromatic N) is 2. The number of carbonyl (C=O) groups is 2. The van der Waals surface area contributed by atoms with Crippen LogP contribution in [0, 0.1) is 11.3 Å². The number of halogens is 3. The average molecular weight is 420 g/mol. The van der Waals surface area contributed by atoms with Gasteiger partial charge in [-0.05, 0) is 26.2 Å². The van der Waals surface area contributed by atoms with Crippen molar-refractivity contribution >= 4 is 11.8 Å². The molecule has 0 bridgehead atoms. The largest absolute Gasteiger partial charge is 0.389 e. The van der Waals surface area contributed by atoms with Gasteiger partial charge in [-0.15, -0.1) is 0 Å². The molecule has 3 rings (SSSR count). The molecule has 3 aliphatic rings. The van der Waals surface area contributed by atoms with Crippen LogP contribution in [0.25, 0.3) is 0 Å². The third kappa shape index (κ3) is 4.71. The van der Waals surface area contributed by atoms with Crippen LogP contribution in [-0.4, -0.2) is 77.4 Å². The number of morpholine rings is 1. The van der Waals surface area contributed by atoms with E-state index >= 15 is 0 Å². The van der Waals surface area contributed by atoms with Gasteiger partial charge >= 0.3 is 6.18 Å². The molecule has 1 aliphatic carbocycles. The zero-order valence-electron chi connectivity index (χ0n) is 17.1. The zero-order chi connectivity index (χ0) is 21.4. The van der Waals surface area contributed by atoms with E-state index in [0.29, 0.717) is 19.4 Å². The van der Waals surface area contributed by atoms with Gasteiger partial charge < -0.3 is 19.6 Å². The summed E-state index contributed by atoms with van der Waals surface area (Å²) in [5, 5.41) is 11.6. The molecule has 166 valence electrons. The fourth-order valence-corrected chi connectivity index (χ4v) is 5.27. The number of amides is 2. The molecule has 29 heavy (non-hydrogen) atoms. The quantitative estimate of drug-likeness (QED) is 0.758. The lowest BCUT2D eigenvalue weighted by molar-refractivity contribution is -0.180. The van der Waals surface area contributed by atoms with Gasteiger partial charge in [-0.2, -0.15) is 13.2 Å². The third-order valence-electron chi connectivity index (χ3n) is 6.88. The molecule has 3 unspecified atom stereocenters. The molecule has 0 aromatic carbocycles. The molecule has 1 N–H and O–H groups in total. The van der Waals surface area contributed by atoms with Crippen LogP contribution in [0.3, 0.4) is 0 Å². The smallest absolute Gasteiger partial charge is 0.387 e. The van der Waals surface area contributed by atoms with E-state index in [1.165, 1.54) is 11.8 Å². The number of aliphatic hydroxyl groups is 1. The summed E-state index contributed by atoms with van der Waals surface area (Å²) < 4.78 is 43.5. The van der Waals surface area contributed by atoms with Crippen LogP contribution in [0.4, 0.5) is 13.2 Å². The number of carbonyl (C=O) groups excluding carboxylic acids is 2. The first-order valence-corrected chi connectivity index (χ1v) is 10.4. The standard InChI is InChI=1S/C20H31F3N2O4/c1-14(9-20(21,22)23)17(27)24-8-7-19(28,18(12-24)5-3-4-6-18)13-25-10-15(2)29-11-16(25)26/h14-15,28H,3-13H2,1-2H3. The van der Waals surface area contributed by atoms with E-state index in [1.807, 2.05) is 6.92 Å². The maximum atomic E-state index is 12.7. The number of hydrogen-bond acceptors (Lipinski definition) is 4. The molecule has 1 saturated carbocycles. The van der Waals surface area contributed by atoms with Gasteiger partial charge in [-0.1, -0.05) is 19.8 Å². The molecular weight excluding hydrogens is 389 g/mol. The highest BCUT2D eigenvalue weighted by Crippen LogP contribution is 2.51. The number of likely N-dealkylation sites (tertiary alicyclic amines) is 1. The SMILES string of the molecule is CC1CN(CC2(O)CCN(C(=O)C(C)CC(F)(F)F)CC23CCCC3)C(=O)CO1. The van der Waals surface area contributed by atoms with Crippen LogP contribution in [-0.2, 0) is 14.3 Å². The maximum Gasteiger partial charge on any atom is 0.389 e. The lowest BCUT2D eigenvalue weighted by Gasteiger charge is -2.54. The molecule has 0 aromatic heterocycles. The van der Waals surface area contributed by atoms with Crippen LogP contribution in [0.15, 0.2) is 0 Å². The zero-order valence-corrected chi connectivity index (χ0v) is 17.1. The Morgan fingerprint density at radius 3 is 2.59 bits per heavy atom. The lowest BCUT2D eigenvalue weighted by atomic mass is 9.65. The Hall–Kier alpha value is -1.35. The molecule has 2 heterocycles. The van der Waals surface area contributed by atoms with Gasteiger partial charge in [0.2, 0.25) is 11.8 Å². The molecule has 6 nitrogen and oxygen atoms in total. The van der Waals surface area contributed by atoms with Crippen LogP contribution in [0.2, 0.25) is 0 Å². The van der Waals surface area contributed by atoms with Crippen molar-refractivity contribution in [1.82, 2.24) is 9.80 Å². The summed E-state index contributed by atoms with van der Waals surface area (Å²) >= 11 is 0. The van der Waals surface area contributed by atoms with Crippen molar-refractivity contribution in [3.63, 3.8) is 0 Å². The van der Waals surface area contributed by atoms with Crippen molar-refractivity contribution in [3.05, 3.63) is 0 Å². The molecule has 2 saturated heterocycles. The minimum absolute atomic E-state index is 0.0101. The third-order valence-corrected chi connectivity index (χ3v) is 6.88. The fourth-order valence-electron chi connectivity index (χ4n) is 5.27. The molecule has 2 amide bonds. The highest BCUT2D eigenvalue weighted by Gasteiger charge is 2.56. The van der Waals surface area contributed by atoms with Crippen molar-refractivity contribution in [2.75, 3.05) is 32.8 Å². The lowest BCUT2D eigenvalue weighted by Crippen LogP contribution is -2.65. The Labute approximate surface area is 169 Å². The normalized spacial score (nSPS) is 31.4. The Kier molecular flexibility index (Phi) is 6.21. The van der Waals surface area contributed by atoms with E-state index in [4.69, 9.17) is 4.74 Å². The van der Waals surface area contributed by atoms with Gasteiger partial charge in [0.1, 0.15) is 6.61 Å². The maximum absolute atomic E-state index is 12.7. The second-order valence-electron chi connectivity index (χ2n) is 9.15. The monoisotopic (exact) mass is 420 g/mol. The van der Waals surface area contributed by atoms with Crippen molar-refractivity contribution < 1.29 is 32.6 Å².